The maximum atomic E-state index is 12.8. The summed E-state index contributed by atoms with van der Waals surface area (Å²) in [4.78, 5) is 14.8. The van der Waals surface area contributed by atoms with E-state index in [0.717, 1.165) is 51.6 Å². The van der Waals surface area contributed by atoms with Crippen molar-refractivity contribution in [1.29, 1.82) is 0 Å². The smallest absolute Gasteiger partial charge is 0.243 e. The molecule has 0 atom stereocenters. The summed E-state index contributed by atoms with van der Waals surface area (Å²) in [6.45, 7) is 3.53. The lowest BCUT2D eigenvalue weighted by atomic mass is 10.2. The number of carbonyl (C=O) groups excluding carboxylic acids is 1. The normalized spacial score (nSPS) is 20.6. The summed E-state index contributed by atoms with van der Waals surface area (Å²) in [5.74, 6) is -0.0416. The molecule has 7 heteroatoms. The largest absolute Gasteiger partial charge is 0.325 e. The van der Waals surface area contributed by atoms with Crippen LogP contribution in [0.5, 0.6) is 0 Å². The zero-order chi connectivity index (χ0) is 19.1. The number of hydrogen-bond donors (Lipinski definition) is 1. The molecule has 6 nitrogen and oxygen atoms in total. The number of carbonyl (C=O) groups is 1. The third-order valence-electron chi connectivity index (χ3n) is 5.41. The minimum absolute atomic E-state index is 0.0416. The number of amides is 1. The third kappa shape index (κ3) is 5.77. The molecule has 2 heterocycles. The van der Waals surface area contributed by atoms with Crippen molar-refractivity contribution in [3.05, 3.63) is 24.3 Å². The Labute approximate surface area is 163 Å². The highest BCUT2D eigenvalue weighted by Crippen LogP contribution is 2.22. The van der Waals surface area contributed by atoms with Gasteiger partial charge in [-0.3, -0.25) is 9.69 Å². The van der Waals surface area contributed by atoms with E-state index in [0.29, 0.717) is 30.2 Å². The first kappa shape index (κ1) is 20.3. The highest BCUT2D eigenvalue weighted by molar-refractivity contribution is 7.89. The number of nitrogens with zero attached hydrogens (tertiary/aromatic N) is 2. The van der Waals surface area contributed by atoms with E-state index in [2.05, 4.69) is 10.2 Å². The number of hydrogen-bond acceptors (Lipinski definition) is 4. The van der Waals surface area contributed by atoms with Crippen molar-refractivity contribution in [2.45, 2.75) is 56.3 Å². The molecule has 0 aliphatic carbocycles. The van der Waals surface area contributed by atoms with Crippen LogP contribution < -0.4 is 5.32 Å². The van der Waals surface area contributed by atoms with Crippen molar-refractivity contribution in [1.82, 2.24) is 9.21 Å². The summed E-state index contributed by atoms with van der Waals surface area (Å²) in [7, 11) is -3.44. The van der Waals surface area contributed by atoms with E-state index in [4.69, 9.17) is 0 Å². The van der Waals surface area contributed by atoms with Crippen LogP contribution in [0.15, 0.2) is 29.2 Å². The first-order chi connectivity index (χ1) is 13.1. The summed E-state index contributed by atoms with van der Waals surface area (Å²) in [6.07, 6.45) is 8.80. The molecule has 2 aliphatic heterocycles. The summed E-state index contributed by atoms with van der Waals surface area (Å²) < 4.78 is 27.2. The number of sulfonamides is 1. The summed E-state index contributed by atoms with van der Waals surface area (Å²) in [5.41, 5.74) is 0.643. The Bertz CT molecular complexity index is 702. The van der Waals surface area contributed by atoms with Crippen molar-refractivity contribution in [3.63, 3.8) is 0 Å². The quantitative estimate of drug-likeness (QED) is 0.835. The number of rotatable bonds is 5. The fraction of sp³-hybridized carbons (Fsp3) is 0.650. The molecule has 2 aliphatic rings. The number of benzene rings is 1. The van der Waals surface area contributed by atoms with Gasteiger partial charge in [0.25, 0.3) is 0 Å². The topological polar surface area (TPSA) is 69.7 Å². The van der Waals surface area contributed by atoms with Crippen LogP contribution in [0, 0.1) is 0 Å². The van der Waals surface area contributed by atoms with E-state index in [1.54, 1.807) is 28.6 Å². The first-order valence-electron chi connectivity index (χ1n) is 10.2. The van der Waals surface area contributed by atoms with Gasteiger partial charge < -0.3 is 5.32 Å². The minimum Gasteiger partial charge on any atom is -0.325 e. The van der Waals surface area contributed by atoms with Gasteiger partial charge in [-0.1, -0.05) is 25.7 Å². The van der Waals surface area contributed by atoms with Crippen LogP contribution in [-0.2, 0) is 14.8 Å². The maximum Gasteiger partial charge on any atom is 0.243 e. The third-order valence-corrected chi connectivity index (χ3v) is 7.32. The van der Waals surface area contributed by atoms with Crippen molar-refractivity contribution < 1.29 is 13.2 Å². The predicted molar refractivity (Wildman–Crippen MR) is 107 cm³/mol. The SMILES string of the molecule is O=C(CN1CCCCCC1)Nc1ccc(S(=O)(=O)N2CCCCCC2)cc1. The molecule has 0 unspecified atom stereocenters. The van der Waals surface area contributed by atoms with Gasteiger partial charge in [-0.25, -0.2) is 8.42 Å². The molecule has 1 aromatic carbocycles. The van der Waals surface area contributed by atoms with Gasteiger partial charge >= 0.3 is 0 Å². The Kier molecular flexibility index (Phi) is 7.26. The van der Waals surface area contributed by atoms with Gasteiger partial charge in [0.2, 0.25) is 15.9 Å². The van der Waals surface area contributed by atoms with Crippen molar-refractivity contribution in [2.75, 3.05) is 38.0 Å². The molecule has 0 spiro atoms. The predicted octanol–water partition coefficient (Wildman–Crippen LogP) is 3.07. The van der Waals surface area contributed by atoms with E-state index in [-0.39, 0.29) is 5.91 Å². The fourth-order valence-electron chi connectivity index (χ4n) is 3.84. The summed E-state index contributed by atoms with van der Waals surface area (Å²) in [6, 6.07) is 6.57. The molecule has 0 saturated carbocycles. The Morgan fingerprint density at radius 1 is 0.815 bits per heavy atom. The van der Waals surface area contributed by atoms with Crippen LogP contribution in [-0.4, -0.2) is 56.3 Å². The highest BCUT2D eigenvalue weighted by atomic mass is 32.2. The lowest BCUT2D eigenvalue weighted by Gasteiger charge is -2.20. The molecule has 2 saturated heterocycles. The number of anilines is 1. The van der Waals surface area contributed by atoms with E-state index in [1.165, 1.54) is 12.8 Å². The molecule has 0 radical (unpaired) electrons. The standard InChI is InChI=1S/C20H31N3O3S/c24-20(17-22-13-5-1-2-6-14-22)21-18-9-11-19(12-10-18)27(25,26)23-15-7-3-4-8-16-23/h9-12H,1-8,13-17H2,(H,21,24). The molecule has 0 bridgehead atoms. The second kappa shape index (κ2) is 9.66. The van der Waals surface area contributed by atoms with Gasteiger partial charge in [-0.05, 0) is 63.0 Å². The van der Waals surface area contributed by atoms with Crippen LogP contribution in [0.3, 0.4) is 0 Å². The molecule has 27 heavy (non-hydrogen) atoms. The van der Waals surface area contributed by atoms with Gasteiger partial charge in [0.15, 0.2) is 0 Å². The van der Waals surface area contributed by atoms with Crippen molar-refractivity contribution in [2.24, 2.45) is 0 Å². The maximum absolute atomic E-state index is 12.8. The fourth-order valence-corrected chi connectivity index (χ4v) is 5.36. The zero-order valence-corrected chi connectivity index (χ0v) is 16.8. The van der Waals surface area contributed by atoms with Crippen LogP contribution in [0.4, 0.5) is 5.69 Å². The Balaban J connectivity index is 1.58. The molecule has 1 amide bonds. The second-order valence-electron chi connectivity index (χ2n) is 7.58. The molecule has 3 rings (SSSR count). The monoisotopic (exact) mass is 393 g/mol. The first-order valence-corrected chi connectivity index (χ1v) is 11.6. The van der Waals surface area contributed by atoms with E-state index in [9.17, 15) is 13.2 Å². The van der Waals surface area contributed by atoms with Crippen LogP contribution in [0.25, 0.3) is 0 Å². The second-order valence-corrected chi connectivity index (χ2v) is 9.52. The molecule has 1 aromatic rings. The molecular formula is C20H31N3O3S. The van der Waals surface area contributed by atoms with Gasteiger partial charge in [0.1, 0.15) is 0 Å². The van der Waals surface area contributed by atoms with Gasteiger partial charge in [0.05, 0.1) is 11.4 Å². The van der Waals surface area contributed by atoms with Crippen LogP contribution in [0.2, 0.25) is 0 Å². The highest BCUT2D eigenvalue weighted by Gasteiger charge is 2.25. The van der Waals surface area contributed by atoms with Crippen molar-refractivity contribution in [3.8, 4) is 0 Å². The Morgan fingerprint density at radius 3 is 1.89 bits per heavy atom. The summed E-state index contributed by atoms with van der Waals surface area (Å²) in [5, 5.41) is 2.89. The zero-order valence-electron chi connectivity index (χ0n) is 16.0. The summed E-state index contributed by atoms with van der Waals surface area (Å²) >= 11 is 0. The molecule has 150 valence electrons. The van der Waals surface area contributed by atoms with Gasteiger partial charge in [-0.2, -0.15) is 4.31 Å². The van der Waals surface area contributed by atoms with E-state index < -0.39 is 10.0 Å². The van der Waals surface area contributed by atoms with E-state index >= 15 is 0 Å². The van der Waals surface area contributed by atoms with Crippen LogP contribution >= 0.6 is 0 Å². The molecule has 2 fully saturated rings. The van der Waals surface area contributed by atoms with Gasteiger partial charge in [-0.15, -0.1) is 0 Å². The Hall–Kier alpha value is -1.44. The average Bonchev–Trinajstić information content (AvgIpc) is 3.07. The molecular weight excluding hydrogens is 362 g/mol. The van der Waals surface area contributed by atoms with Gasteiger partial charge in [0, 0.05) is 18.8 Å². The molecule has 1 N–H and O–H groups in total. The van der Waals surface area contributed by atoms with Crippen molar-refractivity contribution >= 4 is 21.6 Å². The lowest BCUT2D eigenvalue weighted by Crippen LogP contribution is -2.34. The van der Waals surface area contributed by atoms with Crippen LogP contribution in [0.1, 0.15) is 51.4 Å². The lowest BCUT2D eigenvalue weighted by molar-refractivity contribution is -0.117. The molecule has 0 aromatic heterocycles. The minimum atomic E-state index is -3.44. The average molecular weight is 394 g/mol. The number of nitrogens with one attached hydrogen (secondary N) is 1. The Morgan fingerprint density at radius 2 is 1.33 bits per heavy atom. The number of likely N-dealkylation sites (tertiary alicyclic amines) is 1. The van der Waals surface area contributed by atoms with E-state index in [1.807, 2.05) is 0 Å².